The average Bonchev–Trinajstić information content (AvgIpc) is 2.71. The standard InChI is InChI=1S/C16H16BrN3O2/c1-19-15(21)5-4-14(18-19)16(22)20-8-6-11-2-3-13(17)10-12(11)7-9-20/h2-5,10H,6-9H2,1H3. The van der Waals surface area contributed by atoms with Crippen molar-refractivity contribution in [3.63, 3.8) is 0 Å². The van der Waals surface area contributed by atoms with Gasteiger partial charge < -0.3 is 4.90 Å². The topological polar surface area (TPSA) is 55.2 Å². The average molecular weight is 362 g/mol. The minimum absolute atomic E-state index is 0.123. The van der Waals surface area contributed by atoms with Crippen molar-refractivity contribution in [2.24, 2.45) is 7.05 Å². The lowest BCUT2D eigenvalue weighted by molar-refractivity contribution is 0.0754. The van der Waals surface area contributed by atoms with Crippen LogP contribution >= 0.6 is 15.9 Å². The summed E-state index contributed by atoms with van der Waals surface area (Å²) < 4.78 is 2.25. The summed E-state index contributed by atoms with van der Waals surface area (Å²) in [4.78, 5) is 25.8. The number of carbonyl (C=O) groups excluding carboxylic acids is 1. The van der Waals surface area contributed by atoms with Crippen LogP contribution in [0.15, 0.2) is 39.6 Å². The van der Waals surface area contributed by atoms with Crippen LogP contribution in [0.3, 0.4) is 0 Å². The molecular weight excluding hydrogens is 346 g/mol. The molecule has 0 bridgehead atoms. The second kappa shape index (κ2) is 6.04. The lowest BCUT2D eigenvalue weighted by Crippen LogP contribution is -2.35. The molecule has 5 nitrogen and oxygen atoms in total. The Morgan fingerprint density at radius 3 is 2.59 bits per heavy atom. The largest absolute Gasteiger partial charge is 0.337 e. The highest BCUT2D eigenvalue weighted by Gasteiger charge is 2.21. The molecule has 0 unspecified atom stereocenters. The van der Waals surface area contributed by atoms with Gasteiger partial charge in [0, 0.05) is 30.7 Å². The van der Waals surface area contributed by atoms with Gasteiger partial charge in [-0.2, -0.15) is 5.10 Å². The Labute approximate surface area is 136 Å². The number of fused-ring (bicyclic) bond motifs is 1. The van der Waals surface area contributed by atoms with Crippen molar-refractivity contribution < 1.29 is 4.79 Å². The second-order valence-corrected chi connectivity index (χ2v) is 6.30. The van der Waals surface area contributed by atoms with Crippen LogP contribution in [0.5, 0.6) is 0 Å². The number of benzene rings is 1. The Morgan fingerprint density at radius 1 is 1.14 bits per heavy atom. The maximum atomic E-state index is 12.6. The number of hydrogen-bond donors (Lipinski definition) is 0. The van der Waals surface area contributed by atoms with Crippen molar-refractivity contribution in [3.05, 3.63) is 62.0 Å². The van der Waals surface area contributed by atoms with Crippen LogP contribution in [0, 0.1) is 0 Å². The first-order valence-corrected chi connectivity index (χ1v) is 7.95. The molecule has 0 saturated heterocycles. The van der Waals surface area contributed by atoms with Gasteiger partial charge in [0.2, 0.25) is 0 Å². The molecule has 114 valence electrons. The highest BCUT2D eigenvalue weighted by Crippen LogP contribution is 2.21. The van der Waals surface area contributed by atoms with E-state index in [2.05, 4.69) is 33.2 Å². The molecule has 1 aliphatic heterocycles. The third kappa shape index (κ3) is 2.97. The maximum absolute atomic E-state index is 12.6. The van der Waals surface area contributed by atoms with Crippen LogP contribution < -0.4 is 5.56 Å². The maximum Gasteiger partial charge on any atom is 0.274 e. The molecule has 0 radical (unpaired) electrons. The van der Waals surface area contributed by atoms with Gasteiger partial charge in [0.05, 0.1) is 0 Å². The fourth-order valence-electron chi connectivity index (χ4n) is 2.68. The van der Waals surface area contributed by atoms with Crippen molar-refractivity contribution >= 4 is 21.8 Å². The molecular formula is C16H16BrN3O2. The van der Waals surface area contributed by atoms with E-state index in [1.165, 1.54) is 27.9 Å². The van der Waals surface area contributed by atoms with Gasteiger partial charge in [-0.1, -0.05) is 22.0 Å². The number of carbonyl (C=O) groups is 1. The van der Waals surface area contributed by atoms with Crippen LogP contribution in [-0.2, 0) is 19.9 Å². The molecule has 0 N–H and O–H groups in total. The Balaban J connectivity index is 1.81. The first-order valence-electron chi connectivity index (χ1n) is 7.15. The van der Waals surface area contributed by atoms with E-state index >= 15 is 0 Å². The van der Waals surface area contributed by atoms with Crippen LogP contribution in [-0.4, -0.2) is 33.7 Å². The van der Waals surface area contributed by atoms with Crippen LogP contribution in [0.4, 0.5) is 0 Å². The minimum Gasteiger partial charge on any atom is -0.337 e. The summed E-state index contributed by atoms with van der Waals surface area (Å²) in [5, 5.41) is 4.05. The van der Waals surface area contributed by atoms with Gasteiger partial charge in [-0.3, -0.25) is 9.59 Å². The first-order chi connectivity index (χ1) is 10.5. The fraction of sp³-hybridized carbons (Fsp3) is 0.312. The van der Waals surface area contributed by atoms with Crippen molar-refractivity contribution in [1.82, 2.24) is 14.7 Å². The Morgan fingerprint density at radius 2 is 1.86 bits per heavy atom. The zero-order valence-electron chi connectivity index (χ0n) is 12.3. The monoisotopic (exact) mass is 361 g/mol. The van der Waals surface area contributed by atoms with Gasteiger partial charge in [0.25, 0.3) is 11.5 Å². The number of hydrogen-bond acceptors (Lipinski definition) is 3. The van der Waals surface area contributed by atoms with Gasteiger partial charge in [-0.15, -0.1) is 0 Å². The van der Waals surface area contributed by atoms with Gasteiger partial charge in [-0.05, 0) is 42.2 Å². The van der Waals surface area contributed by atoms with Gasteiger partial charge in [-0.25, -0.2) is 4.68 Å². The number of halogens is 1. The number of amides is 1. The molecule has 2 aromatic rings. The second-order valence-electron chi connectivity index (χ2n) is 5.39. The molecule has 0 atom stereocenters. The molecule has 0 saturated carbocycles. The molecule has 0 spiro atoms. The fourth-order valence-corrected chi connectivity index (χ4v) is 3.08. The predicted molar refractivity (Wildman–Crippen MR) is 86.9 cm³/mol. The third-order valence-corrected chi connectivity index (χ3v) is 4.43. The lowest BCUT2D eigenvalue weighted by atomic mass is 10.0. The minimum atomic E-state index is -0.218. The first kappa shape index (κ1) is 15.0. The van der Waals surface area contributed by atoms with Crippen LogP contribution in [0.1, 0.15) is 21.6 Å². The van der Waals surface area contributed by atoms with E-state index < -0.39 is 0 Å². The number of aryl methyl sites for hydroxylation is 1. The highest BCUT2D eigenvalue weighted by atomic mass is 79.9. The molecule has 0 aliphatic carbocycles. The molecule has 22 heavy (non-hydrogen) atoms. The van der Waals surface area contributed by atoms with E-state index in [-0.39, 0.29) is 11.5 Å². The SMILES string of the molecule is Cn1nc(C(=O)N2CCc3ccc(Br)cc3CC2)ccc1=O. The van der Waals surface area contributed by atoms with E-state index in [0.717, 1.165) is 17.3 Å². The summed E-state index contributed by atoms with van der Waals surface area (Å²) in [5.41, 5.74) is 2.66. The van der Waals surface area contributed by atoms with E-state index in [9.17, 15) is 9.59 Å². The van der Waals surface area contributed by atoms with Crippen molar-refractivity contribution in [1.29, 1.82) is 0 Å². The summed E-state index contributed by atoms with van der Waals surface area (Å²) in [6.07, 6.45) is 1.66. The van der Waals surface area contributed by atoms with Crippen molar-refractivity contribution in [2.75, 3.05) is 13.1 Å². The molecule has 1 aromatic heterocycles. The summed E-state index contributed by atoms with van der Waals surface area (Å²) in [7, 11) is 1.55. The van der Waals surface area contributed by atoms with Crippen LogP contribution in [0.25, 0.3) is 0 Å². The van der Waals surface area contributed by atoms with E-state index in [1.54, 1.807) is 11.9 Å². The van der Waals surface area contributed by atoms with Crippen molar-refractivity contribution in [3.8, 4) is 0 Å². The van der Waals surface area contributed by atoms with E-state index in [0.29, 0.717) is 18.8 Å². The third-order valence-electron chi connectivity index (χ3n) is 3.94. The lowest BCUT2D eigenvalue weighted by Gasteiger charge is -2.19. The quantitative estimate of drug-likeness (QED) is 0.777. The molecule has 3 rings (SSSR count). The molecule has 2 heterocycles. The van der Waals surface area contributed by atoms with E-state index in [4.69, 9.17) is 0 Å². The van der Waals surface area contributed by atoms with E-state index in [1.807, 2.05) is 6.07 Å². The summed E-state index contributed by atoms with van der Waals surface area (Å²) in [5.74, 6) is -0.123. The zero-order valence-corrected chi connectivity index (χ0v) is 13.8. The predicted octanol–water partition coefficient (Wildman–Crippen LogP) is 1.78. The Bertz CT molecular complexity index is 785. The molecule has 1 aliphatic rings. The summed E-state index contributed by atoms with van der Waals surface area (Å²) in [6.45, 7) is 1.32. The Hall–Kier alpha value is -1.95. The number of rotatable bonds is 1. The van der Waals surface area contributed by atoms with Gasteiger partial charge in [0.1, 0.15) is 5.69 Å². The summed E-state index contributed by atoms with van der Waals surface area (Å²) in [6, 6.07) is 9.14. The number of nitrogens with zero attached hydrogens (tertiary/aromatic N) is 3. The van der Waals surface area contributed by atoms with Gasteiger partial charge in [0.15, 0.2) is 0 Å². The summed E-state index contributed by atoms with van der Waals surface area (Å²) >= 11 is 3.49. The smallest absolute Gasteiger partial charge is 0.274 e. The normalized spacial score (nSPS) is 14.4. The zero-order chi connectivity index (χ0) is 15.7. The molecule has 1 aromatic carbocycles. The molecule has 6 heteroatoms. The van der Waals surface area contributed by atoms with Gasteiger partial charge >= 0.3 is 0 Å². The highest BCUT2D eigenvalue weighted by molar-refractivity contribution is 9.10. The molecule has 0 fully saturated rings. The Kier molecular flexibility index (Phi) is 4.11. The molecule has 1 amide bonds. The number of aromatic nitrogens is 2. The van der Waals surface area contributed by atoms with Crippen molar-refractivity contribution in [2.45, 2.75) is 12.8 Å². The van der Waals surface area contributed by atoms with Crippen LogP contribution in [0.2, 0.25) is 0 Å².